The van der Waals surface area contributed by atoms with E-state index in [1.165, 1.54) is 12.1 Å². The maximum atomic E-state index is 10.6. The molecule has 1 heterocycles. The van der Waals surface area contributed by atoms with Crippen molar-refractivity contribution in [3.63, 3.8) is 0 Å². The Bertz CT molecular complexity index is 484. The molecule has 0 unspecified atom stereocenters. The Morgan fingerprint density at radius 2 is 2.14 bits per heavy atom. The van der Waals surface area contributed by atoms with Crippen molar-refractivity contribution in [3.05, 3.63) is 35.6 Å². The van der Waals surface area contributed by atoms with Crippen LogP contribution in [0, 0.1) is 0 Å². The summed E-state index contributed by atoms with van der Waals surface area (Å²) in [4.78, 5) is 10.6. The first-order valence-electron chi connectivity index (χ1n) is 4.07. The molecule has 4 nitrogen and oxygen atoms in total. The molecule has 1 aromatic carbocycles. The summed E-state index contributed by atoms with van der Waals surface area (Å²) in [6.07, 6.45) is 0. The molecule has 4 heteroatoms. The van der Waals surface area contributed by atoms with Crippen molar-refractivity contribution in [1.29, 1.82) is 0 Å². The Hall–Kier alpha value is -1.81. The van der Waals surface area contributed by atoms with Gasteiger partial charge >= 0.3 is 5.97 Å². The van der Waals surface area contributed by atoms with Gasteiger partial charge in [-0.25, -0.2) is 4.79 Å². The molecule has 0 radical (unpaired) electrons. The second-order valence-electron chi connectivity index (χ2n) is 2.93. The van der Waals surface area contributed by atoms with E-state index in [9.17, 15) is 4.79 Å². The monoisotopic (exact) mass is 192 g/mol. The van der Waals surface area contributed by atoms with E-state index < -0.39 is 5.97 Å². The molecule has 0 aliphatic heterocycles. The van der Waals surface area contributed by atoms with Gasteiger partial charge in [-0.15, -0.1) is 0 Å². The molecular weight excluding hydrogens is 184 g/mol. The van der Waals surface area contributed by atoms with E-state index in [0.29, 0.717) is 11.3 Å². The van der Waals surface area contributed by atoms with Gasteiger partial charge in [0.05, 0.1) is 5.56 Å². The average Bonchev–Trinajstić information content (AvgIpc) is 2.58. The Morgan fingerprint density at radius 3 is 2.79 bits per heavy atom. The number of fused-ring (bicyclic) bond motifs is 1. The minimum absolute atomic E-state index is 0.177. The normalized spacial score (nSPS) is 10.6. The number of carbonyl (C=O) groups is 1. The van der Waals surface area contributed by atoms with Crippen LogP contribution in [0.4, 0.5) is 0 Å². The van der Waals surface area contributed by atoms with Gasteiger partial charge in [0.25, 0.3) is 0 Å². The van der Waals surface area contributed by atoms with Gasteiger partial charge in [-0.05, 0) is 18.2 Å². The van der Waals surface area contributed by atoms with E-state index in [1.807, 2.05) is 0 Å². The van der Waals surface area contributed by atoms with Gasteiger partial charge in [-0.2, -0.15) is 0 Å². The number of hydrogen-bond acceptors (Lipinski definition) is 3. The van der Waals surface area contributed by atoms with Crippen LogP contribution in [0.2, 0.25) is 0 Å². The van der Waals surface area contributed by atoms with Crippen molar-refractivity contribution in [1.82, 2.24) is 0 Å². The number of aliphatic hydroxyl groups is 1. The second kappa shape index (κ2) is 3.16. The number of rotatable bonds is 2. The number of furan rings is 1. The van der Waals surface area contributed by atoms with Gasteiger partial charge in [-0.1, -0.05) is 6.07 Å². The van der Waals surface area contributed by atoms with E-state index in [1.54, 1.807) is 12.1 Å². The Morgan fingerprint density at radius 1 is 1.36 bits per heavy atom. The molecule has 1 aromatic heterocycles. The van der Waals surface area contributed by atoms with Crippen LogP contribution in [-0.4, -0.2) is 16.2 Å². The minimum atomic E-state index is -0.992. The third-order valence-corrected chi connectivity index (χ3v) is 1.97. The highest BCUT2D eigenvalue weighted by Gasteiger charge is 2.07. The first kappa shape index (κ1) is 8.77. The van der Waals surface area contributed by atoms with Gasteiger partial charge in [0, 0.05) is 5.39 Å². The lowest BCUT2D eigenvalue weighted by atomic mass is 10.2. The van der Waals surface area contributed by atoms with E-state index in [-0.39, 0.29) is 12.2 Å². The smallest absolute Gasteiger partial charge is 0.335 e. The van der Waals surface area contributed by atoms with Crippen molar-refractivity contribution < 1.29 is 19.4 Å². The van der Waals surface area contributed by atoms with Crippen LogP contribution < -0.4 is 0 Å². The summed E-state index contributed by atoms with van der Waals surface area (Å²) in [5.41, 5.74) is 0.658. The molecule has 2 N–H and O–H groups in total. The molecular formula is C10H8O4. The van der Waals surface area contributed by atoms with Crippen LogP contribution in [0.5, 0.6) is 0 Å². The highest BCUT2D eigenvalue weighted by Crippen LogP contribution is 2.20. The molecule has 0 spiro atoms. The second-order valence-corrected chi connectivity index (χ2v) is 2.93. The molecule has 0 aliphatic rings. The summed E-state index contributed by atoms with van der Waals surface area (Å²) >= 11 is 0. The van der Waals surface area contributed by atoms with Crippen LogP contribution in [0.15, 0.2) is 28.7 Å². The predicted molar refractivity (Wildman–Crippen MR) is 49.1 cm³/mol. The van der Waals surface area contributed by atoms with Gasteiger partial charge in [0.2, 0.25) is 0 Å². The average molecular weight is 192 g/mol. The third-order valence-electron chi connectivity index (χ3n) is 1.97. The molecule has 0 bridgehead atoms. The molecule has 14 heavy (non-hydrogen) atoms. The van der Waals surface area contributed by atoms with E-state index in [2.05, 4.69) is 0 Å². The van der Waals surface area contributed by atoms with Crippen LogP contribution in [-0.2, 0) is 6.61 Å². The van der Waals surface area contributed by atoms with Gasteiger partial charge in [0.1, 0.15) is 18.0 Å². The third kappa shape index (κ3) is 1.36. The van der Waals surface area contributed by atoms with Crippen LogP contribution in [0.1, 0.15) is 16.1 Å². The number of aliphatic hydroxyl groups excluding tert-OH is 1. The predicted octanol–water partition coefficient (Wildman–Crippen LogP) is 1.62. The summed E-state index contributed by atoms with van der Waals surface area (Å²) in [7, 11) is 0. The molecule has 72 valence electrons. The Balaban J connectivity index is 2.59. The first-order chi connectivity index (χ1) is 6.70. The van der Waals surface area contributed by atoms with Gasteiger partial charge in [-0.3, -0.25) is 0 Å². The lowest BCUT2D eigenvalue weighted by Crippen LogP contribution is -1.94. The highest BCUT2D eigenvalue weighted by atomic mass is 16.4. The molecule has 0 atom stereocenters. The van der Waals surface area contributed by atoms with Crippen molar-refractivity contribution in [3.8, 4) is 0 Å². The van der Waals surface area contributed by atoms with Crippen molar-refractivity contribution in [2.75, 3.05) is 0 Å². The summed E-state index contributed by atoms with van der Waals surface area (Å²) < 4.78 is 5.19. The van der Waals surface area contributed by atoms with Crippen molar-refractivity contribution in [2.24, 2.45) is 0 Å². The summed E-state index contributed by atoms with van der Waals surface area (Å²) in [6, 6.07) is 6.28. The van der Waals surface area contributed by atoms with Crippen LogP contribution in [0.3, 0.4) is 0 Å². The zero-order valence-electron chi connectivity index (χ0n) is 7.23. The lowest BCUT2D eigenvalue weighted by Gasteiger charge is -1.92. The molecule has 2 aromatic rings. The number of carboxylic acid groups (broad SMARTS) is 1. The summed E-state index contributed by atoms with van der Waals surface area (Å²) in [5, 5.41) is 18.3. The molecule has 0 amide bonds. The Labute approximate surface area is 79.4 Å². The van der Waals surface area contributed by atoms with Crippen LogP contribution in [0.25, 0.3) is 11.0 Å². The maximum absolute atomic E-state index is 10.6. The molecule has 0 saturated heterocycles. The molecule has 0 aliphatic carbocycles. The Kier molecular flexibility index (Phi) is 1.98. The molecule has 0 saturated carbocycles. The highest BCUT2D eigenvalue weighted by molar-refractivity contribution is 5.92. The van der Waals surface area contributed by atoms with Crippen LogP contribution >= 0.6 is 0 Å². The number of carboxylic acids is 1. The number of aromatic carboxylic acids is 1. The zero-order valence-corrected chi connectivity index (χ0v) is 7.23. The zero-order chi connectivity index (χ0) is 10.1. The fourth-order valence-electron chi connectivity index (χ4n) is 1.30. The summed E-state index contributed by atoms with van der Waals surface area (Å²) in [5.74, 6) is -0.559. The van der Waals surface area contributed by atoms with Crippen molar-refractivity contribution >= 4 is 16.9 Å². The van der Waals surface area contributed by atoms with Gasteiger partial charge < -0.3 is 14.6 Å². The maximum Gasteiger partial charge on any atom is 0.335 e. The lowest BCUT2D eigenvalue weighted by molar-refractivity contribution is 0.0697. The fourth-order valence-corrected chi connectivity index (χ4v) is 1.30. The number of benzene rings is 1. The quantitative estimate of drug-likeness (QED) is 0.758. The van der Waals surface area contributed by atoms with E-state index in [0.717, 1.165) is 5.39 Å². The minimum Gasteiger partial charge on any atom is -0.478 e. The fraction of sp³-hybridized carbons (Fsp3) is 0.100. The summed E-state index contributed by atoms with van der Waals surface area (Å²) in [6.45, 7) is -0.183. The largest absolute Gasteiger partial charge is 0.478 e. The van der Waals surface area contributed by atoms with E-state index >= 15 is 0 Å². The van der Waals surface area contributed by atoms with E-state index in [4.69, 9.17) is 14.6 Å². The SMILES string of the molecule is O=C(O)c1ccc2cc(CO)oc2c1. The topological polar surface area (TPSA) is 70.7 Å². The number of hydrogen-bond donors (Lipinski definition) is 2. The molecule has 0 fully saturated rings. The standard InChI is InChI=1S/C10H8O4/c11-5-8-3-6-1-2-7(10(12)13)4-9(6)14-8/h1-4,11H,5H2,(H,12,13). The molecule has 2 rings (SSSR count). The van der Waals surface area contributed by atoms with Gasteiger partial charge in [0.15, 0.2) is 0 Å². The van der Waals surface area contributed by atoms with Crippen molar-refractivity contribution in [2.45, 2.75) is 6.61 Å². The first-order valence-corrected chi connectivity index (χ1v) is 4.07.